The Labute approximate surface area is 136 Å². The van der Waals surface area contributed by atoms with E-state index in [1.807, 2.05) is 0 Å². The van der Waals surface area contributed by atoms with Gasteiger partial charge in [-0.1, -0.05) is 25.1 Å². The number of hydrogen-bond donors (Lipinski definition) is 0. The Hall–Kier alpha value is -2.00. The van der Waals surface area contributed by atoms with Crippen molar-refractivity contribution in [1.82, 2.24) is 4.57 Å². The first kappa shape index (κ1) is 14.6. The maximum atomic E-state index is 5.92. The van der Waals surface area contributed by atoms with Crippen LogP contribution in [0.5, 0.6) is 5.75 Å². The van der Waals surface area contributed by atoms with Crippen LogP contribution >= 0.6 is 0 Å². The van der Waals surface area contributed by atoms with Gasteiger partial charge in [0.15, 0.2) is 0 Å². The van der Waals surface area contributed by atoms with Crippen molar-refractivity contribution >= 4 is 21.8 Å². The molecule has 1 aliphatic rings. The van der Waals surface area contributed by atoms with E-state index < -0.39 is 0 Å². The highest BCUT2D eigenvalue weighted by atomic mass is 16.6. The SMILES string of the molecule is CCC(C)n1c2ccccc2c2cc(OCCC3CO3)ccc21. The summed E-state index contributed by atoms with van der Waals surface area (Å²) in [4.78, 5) is 0. The van der Waals surface area contributed by atoms with Gasteiger partial charge in [0.05, 0.1) is 19.3 Å². The van der Waals surface area contributed by atoms with Crippen molar-refractivity contribution in [1.29, 1.82) is 0 Å². The highest BCUT2D eigenvalue weighted by Gasteiger charge is 2.22. The molecule has 1 saturated heterocycles. The Morgan fingerprint density at radius 1 is 1.17 bits per heavy atom. The van der Waals surface area contributed by atoms with E-state index in [0.717, 1.165) is 31.8 Å². The molecule has 0 bridgehead atoms. The third-order valence-corrected chi connectivity index (χ3v) is 4.82. The highest BCUT2D eigenvalue weighted by molar-refractivity contribution is 6.08. The average molecular weight is 309 g/mol. The first-order valence-corrected chi connectivity index (χ1v) is 8.55. The molecule has 0 N–H and O–H groups in total. The maximum Gasteiger partial charge on any atom is 0.120 e. The number of hydrogen-bond acceptors (Lipinski definition) is 2. The van der Waals surface area contributed by atoms with Crippen molar-refractivity contribution < 1.29 is 9.47 Å². The van der Waals surface area contributed by atoms with E-state index in [4.69, 9.17) is 9.47 Å². The third-order valence-electron chi connectivity index (χ3n) is 4.82. The summed E-state index contributed by atoms with van der Waals surface area (Å²) in [6, 6.07) is 15.6. The van der Waals surface area contributed by atoms with Crippen LogP contribution in [-0.4, -0.2) is 23.9 Å². The fourth-order valence-electron chi connectivity index (χ4n) is 3.27. The highest BCUT2D eigenvalue weighted by Crippen LogP contribution is 2.34. The van der Waals surface area contributed by atoms with E-state index >= 15 is 0 Å². The first-order chi connectivity index (χ1) is 11.3. The summed E-state index contributed by atoms with van der Waals surface area (Å²) in [6.07, 6.45) is 2.52. The van der Waals surface area contributed by atoms with Crippen molar-refractivity contribution in [3.05, 3.63) is 42.5 Å². The largest absolute Gasteiger partial charge is 0.493 e. The fraction of sp³-hybridized carbons (Fsp3) is 0.400. The van der Waals surface area contributed by atoms with Crippen LogP contribution in [0, 0.1) is 0 Å². The lowest BCUT2D eigenvalue weighted by molar-refractivity contribution is 0.283. The lowest BCUT2D eigenvalue weighted by atomic mass is 10.1. The van der Waals surface area contributed by atoms with Crippen molar-refractivity contribution in [3.8, 4) is 5.75 Å². The summed E-state index contributed by atoms with van der Waals surface area (Å²) in [5.74, 6) is 0.949. The van der Waals surface area contributed by atoms with Gasteiger partial charge in [-0.05, 0) is 37.6 Å². The van der Waals surface area contributed by atoms with Crippen LogP contribution < -0.4 is 4.74 Å². The molecule has 3 aromatic rings. The van der Waals surface area contributed by atoms with Gasteiger partial charge in [-0.15, -0.1) is 0 Å². The van der Waals surface area contributed by atoms with Gasteiger partial charge >= 0.3 is 0 Å². The predicted octanol–water partition coefficient (Wildman–Crippen LogP) is 4.93. The van der Waals surface area contributed by atoms with Crippen LogP contribution in [0.3, 0.4) is 0 Å². The molecule has 0 radical (unpaired) electrons. The maximum absolute atomic E-state index is 5.92. The molecule has 120 valence electrons. The molecule has 23 heavy (non-hydrogen) atoms. The van der Waals surface area contributed by atoms with Crippen molar-refractivity contribution in [2.75, 3.05) is 13.2 Å². The number of ether oxygens (including phenoxy) is 2. The monoisotopic (exact) mass is 309 g/mol. The number of benzene rings is 2. The fourth-order valence-corrected chi connectivity index (χ4v) is 3.27. The number of aromatic nitrogens is 1. The molecule has 0 spiro atoms. The summed E-state index contributed by atoms with van der Waals surface area (Å²) in [5.41, 5.74) is 2.60. The number of epoxide rings is 1. The van der Waals surface area contributed by atoms with E-state index in [9.17, 15) is 0 Å². The minimum Gasteiger partial charge on any atom is -0.493 e. The zero-order valence-corrected chi connectivity index (χ0v) is 13.8. The Morgan fingerprint density at radius 2 is 1.96 bits per heavy atom. The summed E-state index contributed by atoms with van der Waals surface area (Å²) in [7, 11) is 0. The Morgan fingerprint density at radius 3 is 2.74 bits per heavy atom. The second-order valence-corrected chi connectivity index (χ2v) is 6.42. The smallest absolute Gasteiger partial charge is 0.120 e. The molecule has 0 amide bonds. The summed E-state index contributed by atoms with van der Waals surface area (Å²) in [5, 5.41) is 2.58. The first-order valence-electron chi connectivity index (χ1n) is 8.55. The molecule has 1 aromatic heterocycles. The molecule has 3 nitrogen and oxygen atoms in total. The van der Waals surface area contributed by atoms with Crippen molar-refractivity contribution in [2.24, 2.45) is 0 Å². The van der Waals surface area contributed by atoms with Gasteiger partial charge in [-0.3, -0.25) is 0 Å². The number of fused-ring (bicyclic) bond motifs is 3. The minimum atomic E-state index is 0.422. The van der Waals surface area contributed by atoms with Gasteiger partial charge in [-0.2, -0.15) is 0 Å². The molecule has 0 aliphatic carbocycles. The van der Waals surface area contributed by atoms with E-state index in [-0.39, 0.29) is 0 Å². The number of para-hydroxylation sites is 1. The van der Waals surface area contributed by atoms with E-state index in [1.54, 1.807) is 0 Å². The van der Waals surface area contributed by atoms with Gasteiger partial charge in [0, 0.05) is 34.3 Å². The van der Waals surface area contributed by atoms with Crippen molar-refractivity contribution in [2.45, 2.75) is 38.8 Å². The van der Waals surface area contributed by atoms with Gasteiger partial charge in [0.2, 0.25) is 0 Å². The molecule has 2 heterocycles. The summed E-state index contributed by atoms with van der Waals surface area (Å²) in [6.45, 7) is 6.14. The zero-order valence-electron chi connectivity index (χ0n) is 13.8. The second-order valence-electron chi connectivity index (χ2n) is 6.42. The molecule has 2 atom stereocenters. The lowest BCUT2D eigenvalue weighted by Gasteiger charge is -2.15. The molecular weight excluding hydrogens is 286 g/mol. The van der Waals surface area contributed by atoms with Crippen LogP contribution in [-0.2, 0) is 4.74 Å². The van der Waals surface area contributed by atoms with Crippen LogP contribution in [0.15, 0.2) is 42.5 Å². The summed E-state index contributed by atoms with van der Waals surface area (Å²) < 4.78 is 13.6. The zero-order chi connectivity index (χ0) is 15.8. The van der Waals surface area contributed by atoms with E-state index in [1.165, 1.54) is 21.8 Å². The normalized spacial score (nSPS) is 18.4. The quantitative estimate of drug-likeness (QED) is 0.603. The molecule has 1 aliphatic heterocycles. The number of nitrogens with zero attached hydrogens (tertiary/aromatic N) is 1. The molecule has 4 rings (SSSR count). The Bertz CT molecular complexity index is 832. The predicted molar refractivity (Wildman–Crippen MR) is 94.3 cm³/mol. The third kappa shape index (κ3) is 2.70. The lowest BCUT2D eigenvalue weighted by Crippen LogP contribution is -2.03. The van der Waals surface area contributed by atoms with Crippen LogP contribution in [0.1, 0.15) is 32.7 Å². The Kier molecular flexibility index (Phi) is 3.74. The van der Waals surface area contributed by atoms with Crippen molar-refractivity contribution in [3.63, 3.8) is 0 Å². The van der Waals surface area contributed by atoms with Gasteiger partial charge in [-0.25, -0.2) is 0 Å². The molecule has 3 heteroatoms. The number of rotatable bonds is 6. The van der Waals surface area contributed by atoms with Gasteiger partial charge in [0.1, 0.15) is 5.75 Å². The second kappa shape index (κ2) is 5.89. The van der Waals surface area contributed by atoms with E-state index in [0.29, 0.717) is 12.1 Å². The van der Waals surface area contributed by atoms with Crippen LogP contribution in [0.25, 0.3) is 21.8 Å². The topological polar surface area (TPSA) is 26.7 Å². The molecule has 1 fully saturated rings. The van der Waals surface area contributed by atoms with Crippen LogP contribution in [0.4, 0.5) is 0 Å². The van der Waals surface area contributed by atoms with Crippen LogP contribution in [0.2, 0.25) is 0 Å². The molecule has 0 saturated carbocycles. The molecule has 2 unspecified atom stereocenters. The molecule has 2 aromatic carbocycles. The van der Waals surface area contributed by atoms with E-state index in [2.05, 4.69) is 60.9 Å². The Balaban J connectivity index is 1.75. The molecular formula is C20H23NO2. The summed E-state index contributed by atoms with van der Waals surface area (Å²) >= 11 is 0. The minimum absolute atomic E-state index is 0.422. The van der Waals surface area contributed by atoms with Gasteiger partial charge in [0.25, 0.3) is 0 Å². The average Bonchev–Trinajstić information content (AvgIpc) is 3.35. The standard InChI is InChI=1S/C20H23NO2/c1-3-14(2)21-19-7-5-4-6-17(19)18-12-15(8-9-20(18)21)22-11-10-16-13-23-16/h4-9,12,14,16H,3,10-11,13H2,1-2H3. The van der Waals surface area contributed by atoms with Gasteiger partial charge < -0.3 is 14.0 Å².